The van der Waals surface area contributed by atoms with Gasteiger partial charge in [-0.2, -0.15) is 5.10 Å². The van der Waals surface area contributed by atoms with Gasteiger partial charge in [0, 0.05) is 20.9 Å². The van der Waals surface area contributed by atoms with Crippen molar-refractivity contribution < 1.29 is 13.5 Å². The number of alkyl halides is 2. The van der Waals surface area contributed by atoms with Gasteiger partial charge in [0.1, 0.15) is 6.73 Å². The number of rotatable bonds is 6. The molecule has 0 unspecified atom stereocenters. The lowest BCUT2D eigenvalue weighted by atomic mass is 10.4. The lowest BCUT2D eigenvalue weighted by Crippen LogP contribution is -2.22. The molecule has 0 aromatic carbocycles. The maximum Gasteiger partial charge on any atom is 0.266 e. The molecule has 0 fully saturated rings. The summed E-state index contributed by atoms with van der Waals surface area (Å²) in [5.41, 5.74) is -0.0613. The van der Waals surface area contributed by atoms with Crippen LogP contribution < -0.4 is 0 Å². The molecule has 0 radical (unpaired) electrons. The van der Waals surface area contributed by atoms with E-state index >= 15 is 0 Å². The van der Waals surface area contributed by atoms with Crippen molar-refractivity contribution in [1.29, 1.82) is 0 Å². The van der Waals surface area contributed by atoms with Crippen molar-refractivity contribution in [2.45, 2.75) is 38.8 Å². The van der Waals surface area contributed by atoms with Crippen molar-refractivity contribution in [1.82, 2.24) is 9.78 Å². The molecule has 0 atom stereocenters. The van der Waals surface area contributed by atoms with Gasteiger partial charge < -0.3 is 4.74 Å². The number of hydrogen-bond acceptors (Lipinski definition) is 2. The Morgan fingerprint density at radius 3 is 2.62 bits per heavy atom. The van der Waals surface area contributed by atoms with Crippen LogP contribution in [0.5, 0.6) is 0 Å². The van der Waals surface area contributed by atoms with Crippen LogP contribution in [0.15, 0.2) is 12.4 Å². The fourth-order valence-corrected chi connectivity index (χ4v) is 1.86. The Labute approximate surface area is 95.4 Å². The summed E-state index contributed by atoms with van der Waals surface area (Å²) in [5, 5.41) is 3.79. The van der Waals surface area contributed by atoms with Crippen LogP contribution in [0.1, 0.15) is 12.0 Å². The molecule has 0 bridgehead atoms. The summed E-state index contributed by atoms with van der Waals surface area (Å²) < 4.78 is 31.2. The summed E-state index contributed by atoms with van der Waals surface area (Å²) in [5.74, 6) is 0. The summed E-state index contributed by atoms with van der Waals surface area (Å²) in [4.78, 5) is 0. The lowest BCUT2D eigenvalue weighted by Gasteiger charge is -2.15. The number of hydrogen-bond donors (Lipinski definition) is 0. The molecule has 0 saturated heterocycles. The van der Waals surface area contributed by atoms with Crippen LogP contribution in [0, 0.1) is 0 Å². The summed E-state index contributed by atoms with van der Waals surface area (Å²) >= 11 is 0. The second kappa shape index (κ2) is 5.54. The van der Waals surface area contributed by atoms with Gasteiger partial charge in [-0.15, -0.1) is 0 Å². The van der Waals surface area contributed by atoms with Crippen LogP contribution in [0.3, 0.4) is 0 Å². The number of nitrogens with zero attached hydrogens (tertiary/aromatic N) is 2. The zero-order chi connectivity index (χ0) is 12.2. The zero-order valence-electron chi connectivity index (χ0n) is 9.91. The van der Waals surface area contributed by atoms with Crippen LogP contribution in [-0.2, 0) is 11.5 Å². The second-order valence-corrected chi connectivity index (χ2v) is 10.6. The average molecular weight is 248 g/mol. The van der Waals surface area contributed by atoms with Gasteiger partial charge in [-0.3, -0.25) is 0 Å². The molecule has 0 aliphatic rings. The van der Waals surface area contributed by atoms with E-state index in [2.05, 4.69) is 24.7 Å². The fraction of sp³-hybridized carbons (Fsp3) is 0.700. The first-order valence-electron chi connectivity index (χ1n) is 5.27. The number of halogens is 2. The van der Waals surface area contributed by atoms with Crippen LogP contribution in [0.25, 0.3) is 0 Å². The third-order valence-electron chi connectivity index (χ3n) is 2.13. The molecule has 0 aliphatic heterocycles. The van der Waals surface area contributed by atoms with E-state index in [0.717, 1.165) is 6.04 Å². The predicted octanol–water partition coefficient (Wildman–Crippen LogP) is 3.13. The van der Waals surface area contributed by atoms with E-state index in [1.54, 1.807) is 0 Å². The summed E-state index contributed by atoms with van der Waals surface area (Å²) in [6.45, 7) is 7.70. The molecule has 1 rings (SSSR count). The molecular formula is C10H18F2N2OSi. The molecule has 3 nitrogen and oxygen atoms in total. The van der Waals surface area contributed by atoms with Crippen molar-refractivity contribution in [2.24, 2.45) is 0 Å². The van der Waals surface area contributed by atoms with E-state index < -0.39 is 14.5 Å². The first kappa shape index (κ1) is 13.3. The first-order chi connectivity index (χ1) is 7.38. The predicted molar refractivity (Wildman–Crippen MR) is 61.3 cm³/mol. The maximum absolute atomic E-state index is 12.2. The molecule has 92 valence electrons. The van der Waals surface area contributed by atoms with Gasteiger partial charge in [0.15, 0.2) is 0 Å². The molecule has 0 amide bonds. The van der Waals surface area contributed by atoms with Crippen LogP contribution in [0.4, 0.5) is 8.78 Å². The van der Waals surface area contributed by atoms with Crippen molar-refractivity contribution >= 4 is 8.07 Å². The number of aromatic nitrogens is 2. The van der Waals surface area contributed by atoms with Gasteiger partial charge in [0.2, 0.25) is 0 Å². The average Bonchev–Trinajstić information content (AvgIpc) is 2.59. The van der Waals surface area contributed by atoms with Crippen LogP contribution in [-0.4, -0.2) is 24.5 Å². The third-order valence-corrected chi connectivity index (χ3v) is 3.83. The Morgan fingerprint density at radius 2 is 2.12 bits per heavy atom. The van der Waals surface area contributed by atoms with Crippen molar-refractivity contribution in [3.05, 3.63) is 18.0 Å². The normalized spacial score (nSPS) is 12.4. The summed E-state index contributed by atoms with van der Waals surface area (Å²) in [7, 11) is -1.08. The van der Waals surface area contributed by atoms with E-state index in [4.69, 9.17) is 4.74 Å². The molecular weight excluding hydrogens is 230 g/mol. The minimum Gasteiger partial charge on any atom is -0.360 e. The Morgan fingerprint density at radius 1 is 1.44 bits per heavy atom. The van der Waals surface area contributed by atoms with Gasteiger partial charge in [-0.05, 0) is 6.04 Å². The molecule has 1 aromatic rings. The van der Waals surface area contributed by atoms with E-state index in [1.165, 1.54) is 17.1 Å². The molecule has 1 heterocycles. The van der Waals surface area contributed by atoms with Crippen LogP contribution in [0.2, 0.25) is 25.7 Å². The van der Waals surface area contributed by atoms with Gasteiger partial charge in [0.05, 0.1) is 11.8 Å². The Hall–Kier alpha value is -0.753. The standard InChI is InChI=1S/C10H18F2N2OSi/c1-16(2,3)5-4-15-8-14-7-9(6-13-14)10(11)12/h6-7,10H,4-5,8H2,1-3H3. The summed E-state index contributed by atoms with van der Waals surface area (Å²) in [6.07, 6.45) is 0.0295. The SMILES string of the molecule is C[Si](C)(C)CCOCn1cc(C(F)F)cn1. The number of ether oxygens (including phenoxy) is 1. The second-order valence-electron chi connectivity index (χ2n) is 4.96. The summed E-state index contributed by atoms with van der Waals surface area (Å²) in [6, 6.07) is 1.07. The zero-order valence-corrected chi connectivity index (χ0v) is 10.9. The quantitative estimate of drug-likeness (QED) is 0.571. The van der Waals surface area contributed by atoms with Crippen LogP contribution >= 0.6 is 0 Å². The highest BCUT2D eigenvalue weighted by Crippen LogP contribution is 2.17. The van der Waals surface area contributed by atoms with Gasteiger partial charge >= 0.3 is 0 Å². The van der Waals surface area contributed by atoms with E-state index in [0.29, 0.717) is 6.61 Å². The Bertz CT molecular complexity index is 323. The first-order valence-corrected chi connectivity index (χ1v) is 8.97. The van der Waals surface area contributed by atoms with Gasteiger partial charge in [-0.1, -0.05) is 19.6 Å². The minimum absolute atomic E-state index is 0.0613. The third kappa shape index (κ3) is 4.85. The van der Waals surface area contributed by atoms with Crippen molar-refractivity contribution in [2.75, 3.05) is 6.61 Å². The van der Waals surface area contributed by atoms with Gasteiger partial charge in [-0.25, -0.2) is 13.5 Å². The topological polar surface area (TPSA) is 27.1 Å². The maximum atomic E-state index is 12.2. The monoisotopic (exact) mass is 248 g/mol. The smallest absolute Gasteiger partial charge is 0.266 e. The largest absolute Gasteiger partial charge is 0.360 e. The molecule has 1 aromatic heterocycles. The molecule has 0 aliphatic carbocycles. The fourth-order valence-electron chi connectivity index (χ4n) is 1.10. The highest BCUT2D eigenvalue weighted by molar-refractivity contribution is 6.76. The molecule has 6 heteroatoms. The van der Waals surface area contributed by atoms with E-state index in [1.807, 2.05) is 0 Å². The minimum atomic E-state index is -2.46. The molecule has 16 heavy (non-hydrogen) atoms. The van der Waals surface area contributed by atoms with Crippen molar-refractivity contribution in [3.63, 3.8) is 0 Å². The molecule has 0 saturated carbocycles. The van der Waals surface area contributed by atoms with Crippen molar-refractivity contribution in [3.8, 4) is 0 Å². The molecule has 0 N–H and O–H groups in total. The molecule has 0 spiro atoms. The van der Waals surface area contributed by atoms with E-state index in [9.17, 15) is 8.78 Å². The van der Waals surface area contributed by atoms with Gasteiger partial charge in [0.25, 0.3) is 6.43 Å². The lowest BCUT2D eigenvalue weighted by molar-refractivity contribution is 0.0781. The highest BCUT2D eigenvalue weighted by atomic mass is 28.3. The Balaban J connectivity index is 2.27. The van der Waals surface area contributed by atoms with E-state index in [-0.39, 0.29) is 12.3 Å². The Kier molecular flexibility index (Phi) is 4.61. The highest BCUT2D eigenvalue weighted by Gasteiger charge is 2.12.